The molecule has 4 nitrogen and oxygen atoms in total. The highest BCUT2D eigenvalue weighted by molar-refractivity contribution is 6.31. The van der Waals surface area contributed by atoms with Crippen molar-refractivity contribution in [3.8, 4) is 0 Å². The van der Waals surface area contributed by atoms with Crippen LogP contribution < -0.4 is 0 Å². The molecule has 17 heavy (non-hydrogen) atoms. The zero-order valence-electron chi connectivity index (χ0n) is 11.2. The van der Waals surface area contributed by atoms with Gasteiger partial charge in [0.1, 0.15) is 6.10 Å². The third kappa shape index (κ3) is 2.34. The summed E-state index contributed by atoms with van der Waals surface area (Å²) in [5.74, 6) is 0. The Labute approximate surface area is 108 Å². The Morgan fingerprint density at radius 3 is 2.29 bits per heavy atom. The Bertz CT molecular complexity index is 352. The van der Waals surface area contributed by atoms with Crippen LogP contribution in [0, 0.1) is 0 Å². The third-order valence-electron chi connectivity index (χ3n) is 3.82. The van der Waals surface area contributed by atoms with Gasteiger partial charge in [-0.3, -0.25) is 4.68 Å². The van der Waals surface area contributed by atoms with Gasteiger partial charge >= 0.3 is 0 Å². The lowest BCUT2D eigenvalue weighted by atomic mass is 9.83. The van der Waals surface area contributed by atoms with Gasteiger partial charge in [-0.1, -0.05) is 25.4 Å². The summed E-state index contributed by atoms with van der Waals surface area (Å²) in [5, 5.41) is 15.3. The molecule has 5 heteroatoms. The number of aliphatic hydroxyl groups excluding tert-OH is 1. The Hall–Kier alpha value is -0.580. The van der Waals surface area contributed by atoms with Gasteiger partial charge in [0.2, 0.25) is 0 Å². The molecule has 0 radical (unpaired) electrons. The summed E-state index contributed by atoms with van der Waals surface area (Å²) >= 11 is 6.10. The second kappa shape index (κ2) is 5.38. The van der Waals surface area contributed by atoms with Gasteiger partial charge in [-0.05, 0) is 26.9 Å². The quantitative estimate of drug-likeness (QED) is 0.882. The molecule has 0 bridgehead atoms. The Morgan fingerprint density at radius 2 is 2.00 bits per heavy atom. The van der Waals surface area contributed by atoms with Crippen molar-refractivity contribution >= 4 is 11.6 Å². The maximum absolute atomic E-state index is 10.7. The molecular formula is C12H22ClN3O. The highest BCUT2D eigenvalue weighted by Gasteiger charge is 2.40. The van der Waals surface area contributed by atoms with Crippen molar-refractivity contribution in [1.82, 2.24) is 14.7 Å². The minimum Gasteiger partial charge on any atom is -0.385 e. The van der Waals surface area contributed by atoms with E-state index in [-0.39, 0.29) is 5.54 Å². The van der Waals surface area contributed by atoms with Crippen LogP contribution in [0.15, 0.2) is 6.20 Å². The first-order valence-corrected chi connectivity index (χ1v) is 6.31. The molecule has 1 N–H and O–H groups in total. The maximum atomic E-state index is 10.7. The topological polar surface area (TPSA) is 41.3 Å². The summed E-state index contributed by atoms with van der Waals surface area (Å²) in [4.78, 5) is 2.07. The summed E-state index contributed by atoms with van der Waals surface area (Å²) < 4.78 is 1.65. The molecule has 0 saturated carbocycles. The minimum atomic E-state index is -0.646. The fourth-order valence-electron chi connectivity index (χ4n) is 2.50. The van der Waals surface area contributed by atoms with Gasteiger partial charge in [0, 0.05) is 7.05 Å². The van der Waals surface area contributed by atoms with Crippen LogP contribution in [0.4, 0.5) is 0 Å². The summed E-state index contributed by atoms with van der Waals surface area (Å²) in [6.07, 6.45) is 2.62. The number of hydrogen-bond donors (Lipinski definition) is 1. The van der Waals surface area contributed by atoms with Crippen molar-refractivity contribution in [2.75, 3.05) is 14.1 Å². The molecule has 0 aliphatic heterocycles. The monoisotopic (exact) mass is 259 g/mol. The standard InChI is InChI=1S/C12H22ClN3O/c1-6-12(7-2,15(3)4)11(17)10-9(13)8-14-16(10)5/h8,11,17H,6-7H2,1-5H3. The molecule has 1 aromatic rings. The van der Waals surface area contributed by atoms with E-state index < -0.39 is 6.10 Å². The van der Waals surface area contributed by atoms with Crippen LogP contribution in [0.5, 0.6) is 0 Å². The Kier molecular flexibility index (Phi) is 4.58. The summed E-state index contributed by atoms with van der Waals surface area (Å²) in [6.45, 7) is 4.16. The number of aliphatic hydroxyl groups is 1. The Balaban J connectivity index is 3.21. The van der Waals surface area contributed by atoms with Crippen molar-refractivity contribution in [2.45, 2.75) is 38.3 Å². The highest BCUT2D eigenvalue weighted by atomic mass is 35.5. The lowest BCUT2D eigenvalue weighted by molar-refractivity contribution is -0.0193. The molecule has 1 atom stereocenters. The molecule has 0 aliphatic carbocycles. The van der Waals surface area contributed by atoms with Crippen LogP contribution in [-0.4, -0.2) is 39.4 Å². The largest absolute Gasteiger partial charge is 0.385 e. The first kappa shape index (κ1) is 14.5. The van der Waals surface area contributed by atoms with Crippen LogP contribution in [0.1, 0.15) is 38.5 Å². The van der Waals surface area contributed by atoms with Crippen LogP contribution in [0.25, 0.3) is 0 Å². The number of nitrogens with zero attached hydrogens (tertiary/aromatic N) is 3. The fraction of sp³-hybridized carbons (Fsp3) is 0.750. The second-order valence-electron chi connectivity index (χ2n) is 4.61. The van der Waals surface area contributed by atoms with Crippen molar-refractivity contribution < 1.29 is 5.11 Å². The van der Waals surface area contributed by atoms with E-state index in [4.69, 9.17) is 11.6 Å². The van der Waals surface area contributed by atoms with Crippen LogP contribution in [0.2, 0.25) is 5.02 Å². The van der Waals surface area contributed by atoms with E-state index in [2.05, 4.69) is 23.8 Å². The normalized spacial score (nSPS) is 14.4. The number of aryl methyl sites for hydroxylation is 1. The molecule has 0 aliphatic rings. The van der Waals surface area contributed by atoms with E-state index in [1.807, 2.05) is 14.1 Å². The number of halogens is 1. The van der Waals surface area contributed by atoms with E-state index in [9.17, 15) is 5.11 Å². The van der Waals surface area contributed by atoms with E-state index in [0.29, 0.717) is 10.7 Å². The summed E-state index contributed by atoms with van der Waals surface area (Å²) in [6, 6.07) is 0. The van der Waals surface area contributed by atoms with Gasteiger partial charge in [0.05, 0.1) is 22.5 Å². The van der Waals surface area contributed by atoms with E-state index in [1.165, 1.54) is 0 Å². The van der Waals surface area contributed by atoms with Gasteiger partial charge < -0.3 is 10.0 Å². The van der Waals surface area contributed by atoms with Crippen molar-refractivity contribution in [3.05, 3.63) is 16.9 Å². The lowest BCUT2D eigenvalue weighted by Gasteiger charge is -2.42. The molecule has 0 fully saturated rings. The second-order valence-corrected chi connectivity index (χ2v) is 5.02. The first-order chi connectivity index (χ1) is 7.90. The zero-order valence-corrected chi connectivity index (χ0v) is 12.0. The third-order valence-corrected chi connectivity index (χ3v) is 4.11. The number of aromatic nitrogens is 2. The fourth-order valence-corrected chi connectivity index (χ4v) is 2.77. The van der Waals surface area contributed by atoms with Gasteiger partial charge in [-0.25, -0.2) is 0 Å². The number of rotatable bonds is 5. The van der Waals surface area contributed by atoms with Gasteiger partial charge in [-0.15, -0.1) is 0 Å². The van der Waals surface area contributed by atoms with Gasteiger partial charge in [0.15, 0.2) is 0 Å². The number of hydrogen-bond acceptors (Lipinski definition) is 3. The summed E-state index contributed by atoms with van der Waals surface area (Å²) in [5.41, 5.74) is 0.376. The van der Waals surface area contributed by atoms with Crippen molar-refractivity contribution in [1.29, 1.82) is 0 Å². The predicted molar refractivity (Wildman–Crippen MR) is 70.2 cm³/mol. The first-order valence-electron chi connectivity index (χ1n) is 5.93. The lowest BCUT2D eigenvalue weighted by Crippen LogP contribution is -2.49. The molecule has 98 valence electrons. The number of likely N-dealkylation sites (N-methyl/N-ethyl adjacent to an activating group) is 1. The van der Waals surface area contributed by atoms with Crippen LogP contribution >= 0.6 is 11.6 Å². The minimum absolute atomic E-state index is 0.308. The molecule has 1 unspecified atom stereocenters. The molecular weight excluding hydrogens is 238 g/mol. The van der Waals surface area contributed by atoms with Crippen LogP contribution in [0.3, 0.4) is 0 Å². The van der Waals surface area contributed by atoms with Crippen molar-refractivity contribution in [2.24, 2.45) is 7.05 Å². The zero-order chi connectivity index (χ0) is 13.2. The molecule has 0 spiro atoms. The van der Waals surface area contributed by atoms with E-state index >= 15 is 0 Å². The van der Waals surface area contributed by atoms with Crippen LogP contribution in [-0.2, 0) is 7.05 Å². The average molecular weight is 260 g/mol. The molecule has 0 saturated heterocycles. The van der Waals surface area contributed by atoms with Gasteiger partial charge in [0.25, 0.3) is 0 Å². The molecule has 1 aromatic heterocycles. The highest BCUT2D eigenvalue weighted by Crippen LogP contribution is 2.38. The smallest absolute Gasteiger partial charge is 0.115 e. The summed E-state index contributed by atoms with van der Waals surface area (Å²) in [7, 11) is 5.77. The Morgan fingerprint density at radius 1 is 1.47 bits per heavy atom. The van der Waals surface area contributed by atoms with E-state index in [0.717, 1.165) is 12.8 Å². The molecule has 1 heterocycles. The molecule has 0 amide bonds. The average Bonchev–Trinajstić information content (AvgIpc) is 2.60. The van der Waals surface area contributed by atoms with E-state index in [1.54, 1.807) is 17.9 Å². The van der Waals surface area contributed by atoms with Gasteiger partial charge in [-0.2, -0.15) is 5.10 Å². The maximum Gasteiger partial charge on any atom is 0.115 e. The SMILES string of the molecule is CCC(CC)(C(O)c1c(Cl)cnn1C)N(C)C. The van der Waals surface area contributed by atoms with Crippen molar-refractivity contribution in [3.63, 3.8) is 0 Å². The molecule has 0 aromatic carbocycles. The molecule has 1 rings (SSSR count). The predicted octanol–water partition coefficient (Wildman–Crippen LogP) is 2.23.